The van der Waals surface area contributed by atoms with Gasteiger partial charge in [-0.25, -0.2) is 4.98 Å². The molecule has 1 aromatic carbocycles. The topological polar surface area (TPSA) is 65.1 Å². The van der Waals surface area contributed by atoms with Gasteiger partial charge in [0, 0.05) is 41.9 Å². The lowest BCUT2D eigenvalue weighted by Crippen LogP contribution is -1.99. The molecule has 0 aliphatic heterocycles. The predicted octanol–water partition coefficient (Wildman–Crippen LogP) is 5.66. The molecule has 0 radical (unpaired) electrons. The lowest BCUT2D eigenvalue weighted by molar-refractivity contribution is 0.0990. The molecule has 0 bridgehead atoms. The molecular weight excluding hydrogens is 419 g/mol. The standard InChI is InChI=1S/C20H10Cl2N2O3S/c1-24-15-5-9(27-17(15)8-16(24)20-23-2-3-28-20)4-12-18(25)10-6-13(21)14(22)7-11(10)19(12)26/h2-8H,1H3. The number of furan rings is 1. The van der Waals surface area contributed by atoms with Gasteiger partial charge in [0.25, 0.3) is 0 Å². The summed E-state index contributed by atoms with van der Waals surface area (Å²) in [4.78, 5) is 29.6. The van der Waals surface area contributed by atoms with E-state index in [0.717, 1.165) is 16.2 Å². The molecule has 0 atom stereocenters. The van der Waals surface area contributed by atoms with Crippen molar-refractivity contribution >= 4 is 63.3 Å². The average molecular weight is 429 g/mol. The highest BCUT2D eigenvalue weighted by atomic mass is 35.5. The quantitative estimate of drug-likeness (QED) is 0.305. The summed E-state index contributed by atoms with van der Waals surface area (Å²) in [6.07, 6.45) is 3.22. The smallest absolute Gasteiger partial charge is 0.197 e. The molecule has 0 unspecified atom stereocenters. The van der Waals surface area contributed by atoms with Crippen molar-refractivity contribution in [1.82, 2.24) is 9.55 Å². The van der Waals surface area contributed by atoms with Gasteiger partial charge in [-0.2, -0.15) is 0 Å². The number of fused-ring (bicyclic) bond motifs is 2. The first-order chi connectivity index (χ1) is 13.4. The first-order valence-electron chi connectivity index (χ1n) is 8.23. The second kappa shape index (κ2) is 6.17. The number of allylic oxidation sites excluding steroid dienone is 1. The Morgan fingerprint density at radius 1 is 1.07 bits per heavy atom. The molecule has 1 aliphatic carbocycles. The monoisotopic (exact) mass is 428 g/mol. The predicted molar refractivity (Wildman–Crippen MR) is 109 cm³/mol. The number of halogens is 2. The van der Waals surface area contributed by atoms with Crippen LogP contribution in [0.2, 0.25) is 10.0 Å². The van der Waals surface area contributed by atoms with Crippen LogP contribution in [0.15, 0.2) is 45.8 Å². The maximum Gasteiger partial charge on any atom is 0.197 e. The molecule has 0 saturated carbocycles. The highest BCUT2D eigenvalue weighted by Crippen LogP contribution is 2.35. The zero-order valence-corrected chi connectivity index (χ0v) is 16.7. The number of carbonyl (C=O) groups excluding carboxylic acids is 2. The average Bonchev–Trinajstić information content (AvgIpc) is 3.41. The molecule has 0 fully saturated rings. The molecule has 5 nitrogen and oxygen atoms in total. The SMILES string of the molecule is Cn1c(-c2nccs2)cc2oc(C=C3C(=O)c4cc(Cl)c(Cl)cc4C3=O)cc21. The second-order valence-electron chi connectivity index (χ2n) is 6.35. The first-order valence-corrected chi connectivity index (χ1v) is 9.87. The Bertz CT molecular complexity index is 1290. The van der Waals surface area contributed by atoms with Crippen molar-refractivity contribution in [2.24, 2.45) is 7.05 Å². The van der Waals surface area contributed by atoms with Gasteiger partial charge in [-0.15, -0.1) is 11.3 Å². The minimum Gasteiger partial charge on any atom is -0.455 e. The van der Waals surface area contributed by atoms with Crippen molar-refractivity contribution in [2.75, 3.05) is 0 Å². The number of hydrogen-bond donors (Lipinski definition) is 0. The van der Waals surface area contributed by atoms with Crippen LogP contribution in [0.4, 0.5) is 0 Å². The van der Waals surface area contributed by atoms with E-state index in [4.69, 9.17) is 27.6 Å². The molecule has 3 aromatic heterocycles. The molecular formula is C20H10Cl2N2O3S. The van der Waals surface area contributed by atoms with E-state index >= 15 is 0 Å². The van der Waals surface area contributed by atoms with E-state index in [-0.39, 0.29) is 38.3 Å². The number of nitrogens with zero attached hydrogens (tertiary/aromatic N) is 2. The van der Waals surface area contributed by atoms with Gasteiger partial charge in [-0.05, 0) is 18.2 Å². The normalized spacial score (nSPS) is 13.6. The number of aromatic nitrogens is 2. The summed E-state index contributed by atoms with van der Waals surface area (Å²) in [7, 11) is 1.91. The van der Waals surface area contributed by atoms with Crippen molar-refractivity contribution in [1.29, 1.82) is 0 Å². The molecule has 0 saturated heterocycles. The zero-order valence-electron chi connectivity index (χ0n) is 14.3. The Balaban J connectivity index is 1.57. The number of rotatable bonds is 2. The summed E-state index contributed by atoms with van der Waals surface area (Å²) in [6, 6.07) is 6.55. The van der Waals surface area contributed by atoms with Crippen LogP contribution in [-0.4, -0.2) is 21.1 Å². The summed E-state index contributed by atoms with van der Waals surface area (Å²) in [5.41, 5.74) is 2.99. The van der Waals surface area contributed by atoms with Crippen molar-refractivity contribution in [2.45, 2.75) is 0 Å². The summed E-state index contributed by atoms with van der Waals surface area (Å²) < 4.78 is 7.82. The van der Waals surface area contributed by atoms with Crippen LogP contribution >= 0.6 is 34.5 Å². The van der Waals surface area contributed by atoms with Crippen LogP contribution in [0, 0.1) is 0 Å². The lowest BCUT2D eigenvalue weighted by Gasteiger charge is -1.98. The lowest BCUT2D eigenvalue weighted by atomic mass is 10.1. The molecule has 0 spiro atoms. The fourth-order valence-electron chi connectivity index (χ4n) is 3.35. The van der Waals surface area contributed by atoms with Crippen LogP contribution in [0.25, 0.3) is 27.9 Å². The van der Waals surface area contributed by atoms with Gasteiger partial charge in [0.2, 0.25) is 0 Å². The number of hydrogen-bond acceptors (Lipinski definition) is 5. The zero-order chi connectivity index (χ0) is 19.6. The minimum absolute atomic E-state index is 0.0348. The van der Waals surface area contributed by atoms with Gasteiger partial charge < -0.3 is 8.98 Å². The maximum atomic E-state index is 12.7. The Morgan fingerprint density at radius 3 is 2.32 bits per heavy atom. The van der Waals surface area contributed by atoms with Gasteiger partial charge >= 0.3 is 0 Å². The number of aryl methyl sites for hydroxylation is 1. The van der Waals surface area contributed by atoms with E-state index in [1.165, 1.54) is 29.5 Å². The summed E-state index contributed by atoms with van der Waals surface area (Å²) in [5.74, 6) is -0.349. The fraction of sp³-hybridized carbons (Fsp3) is 0.0500. The third-order valence-corrected chi connectivity index (χ3v) is 6.24. The third kappa shape index (κ3) is 2.49. The van der Waals surface area contributed by atoms with Crippen molar-refractivity contribution in [3.05, 3.63) is 68.3 Å². The fourth-order valence-corrected chi connectivity index (χ4v) is 4.36. The van der Waals surface area contributed by atoms with Crippen molar-refractivity contribution in [3.8, 4) is 10.7 Å². The van der Waals surface area contributed by atoms with E-state index in [2.05, 4.69) is 4.98 Å². The molecule has 138 valence electrons. The third-order valence-electron chi connectivity index (χ3n) is 4.73. The van der Waals surface area contributed by atoms with Crippen LogP contribution < -0.4 is 0 Å². The second-order valence-corrected chi connectivity index (χ2v) is 8.06. The van der Waals surface area contributed by atoms with E-state index in [1.807, 2.05) is 23.1 Å². The van der Waals surface area contributed by atoms with Crippen molar-refractivity contribution in [3.63, 3.8) is 0 Å². The molecule has 28 heavy (non-hydrogen) atoms. The Labute approximate surface area is 172 Å². The van der Waals surface area contributed by atoms with Gasteiger partial charge in [0.05, 0.1) is 26.8 Å². The van der Waals surface area contributed by atoms with Crippen LogP contribution in [0.1, 0.15) is 26.5 Å². The molecule has 5 rings (SSSR count). The Kier molecular flexibility index (Phi) is 3.84. The van der Waals surface area contributed by atoms with Gasteiger partial charge in [-0.3, -0.25) is 9.59 Å². The van der Waals surface area contributed by atoms with E-state index in [1.54, 1.807) is 12.3 Å². The molecule has 3 heterocycles. The van der Waals surface area contributed by atoms with E-state index in [9.17, 15) is 9.59 Å². The Morgan fingerprint density at radius 2 is 1.75 bits per heavy atom. The first kappa shape index (κ1) is 17.4. The van der Waals surface area contributed by atoms with E-state index in [0.29, 0.717) is 11.3 Å². The van der Waals surface area contributed by atoms with Crippen LogP contribution in [0.5, 0.6) is 0 Å². The molecule has 8 heteroatoms. The number of carbonyl (C=O) groups is 2. The molecule has 0 N–H and O–H groups in total. The molecule has 1 aliphatic rings. The maximum absolute atomic E-state index is 12.7. The summed E-state index contributed by atoms with van der Waals surface area (Å²) in [6.45, 7) is 0. The number of thiazole rings is 1. The number of ketones is 2. The molecule has 4 aromatic rings. The van der Waals surface area contributed by atoms with E-state index < -0.39 is 0 Å². The summed E-state index contributed by atoms with van der Waals surface area (Å²) in [5, 5.41) is 3.27. The Hall–Kier alpha value is -2.67. The number of Topliss-reactive ketones (excluding diaryl/α,β-unsaturated/α-hetero) is 2. The number of benzene rings is 1. The van der Waals surface area contributed by atoms with Gasteiger partial charge in [-0.1, -0.05) is 23.2 Å². The van der Waals surface area contributed by atoms with Gasteiger partial charge in [0.1, 0.15) is 10.8 Å². The van der Waals surface area contributed by atoms with Gasteiger partial charge in [0.15, 0.2) is 17.1 Å². The minimum atomic E-state index is -0.387. The highest BCUT2D eigenvalue weighted by molar-refractivity contribution is 7.13. The van der Waals surface area contributed by atoms with Crippen molar-refractivity contribution < 1.29 is 14.0 Å². The largest absolute Gasteiger partial charge is 0.455 e. The van der Waals surface area contributed by atoms with Crippen LogP contribution in [-0.2, 0) is 7.05 Å². The highest BCUT2D eigenvalue weighted by Gasteiger charge is 2.34. The summed E-state index contributed by atoms with van der Waals surface area (Å²) >= 11 is 13.5. The molecule has 0 amide bonds. The van der Waals surface area contributed by atoms with Crippen LogP contribution in [0.3, 0.4) is 0 Å².